The fourth-order valence-electron chi connectivity index (χ4n) is 2.56. The largest absolute Gasteiger partial charge is 0.478 e. The molecule has 0 spiro atoms. The molecule has 2 rings (SSSR count). The van der Waals surface area contributed by atoms with E-state index < -0.39 is 5.97 Å². The number of aromatic carboxylic acids is 1. The Morgan fingerprint density at radius 3 is 2.65 bits per heavy atom. The zero-order valence-electron chi connectivity index (χ0n) is 11.2. The predicted molar refractivity (Wildman–Crippen MR) is 72.4 cm³/mol. The minimum absolute atomic E-state index is 0.0300. The van der Waals surface area contributed by atoms with Crippen LogP contribution in [0.15, 0.2) is 16.7 Å². The summed E-state index contributed by atoms with van der Waals surface area (Å²) >= 11 is 0. The third-order valence-corrected chi connectivity index (χ3v) is 3.60. The first-order valence-electron chi connectivity index (χ1n) is 6.69. The average molecular weight is 275 g/mol. The Bertz CT molecular complexity index is 534. The zero-order chi connectivity index (χ0) is 14.5. The molecule has 5 heteroatoms. The Hall–Kier alpha value is -2.22. The van der Waals surface area contributed by atoms with Gasteiger partial charge in [-0.2, -0.15) is 0 Å². The lowest BCUT2D eigenvalue weighted by molar-refractivity contribution is 0.0634. The highest BCUT2D eigenvalue weighted by molar-refractivity contribution is 5.95. The van der Waals surface area contributed by atoms with E-state index in [1.165, 1.54) is 12.5 Å². The Morgan fingerprint density at radius 2 is 2.10 bits per heavy atom. The smallest absolute Gasteiger partial charge is 0.338 e. The maximum atomic E-state index is 12.4. The van der Waals surface area contributed by atoms with Crippen molar-refractivity contribution in [2.24, 2.45) is 0 Å². The third kappa shape index (κ3) is 3.02. The Kier molecular flexibility index (Phi) is 4.46. The number of carboxylic acid groups (broad SMARTS) is 1. The van der Waals surface area contributed by atoms with Gasteiger partial charge in [0.05, 0.1) is 12.1 Å². The number of amides is 1. The van der Waals surface area contributed by atoms with E-state index in [0.29, 0.717) is 0 Å². The summed E-state index contributed by atoms with van der Waals surface area (Å²) in [7, 11) is 0. The minimum atomic E-state index is -1.12. The van der Waals surface area contributed by atoms with Crippen LogP contribution < -0.4 is 0 Å². The zero-order valence-corrected chi connectivity index (χ0v) is 11.2. The summed E-state index contributed by atoms with van der Waals surface area (Å²) in [6.45, 7) is 0.215. The molecule has 5 nitrogen and oxygen atoms in total. The summed E-state index contributed by atoms with van der Waals surface area (Å²) < 4.78 is 5.07. The maximum Gasteiger partial charge on any atom is 0.338 e. The highest BCUT2D eigenvalue weighted by Gasteiger charge is 2.28. The van der Waals surface area contributed by atoms with Gasteiger partial charge in [0.15, 0.2) is 5.76 Å². The molecule has 1 aliphatic carbocycles. The van der Waals surface area contributed by atoms with Crippen molar-refractivity contribution in [2.45, 2.75) is 38.1 Å². The van der Waals surface area contributed by atoms with Crippen LogP contribution in [0.1, 0.15) is 53.0 Å². The van der Waals surface area contributed by atoms with Crippen molar-refractivity contribution in [1.82, 2.24) is 4.90 Å². The number of terminal acetylenes is 1. The van der Waals surface area contributed by atoms with Crippen molar-refractivity contribution < 1.29 is 19.1 Å². The lowest BCUT2D eigenvalue weighted by atomic mass is 9.94. The van der Waals surface area contributed by atoms with E-state index in [1.54, 1.807) is 4.90 Å². The second-order valence-corrected chi connectivity index (χ2v) is 4.93. The van der Waals surface area contributed by atoms with Crippen LogP contribution in [0, 0.1) is 12.3 Å². The van der Waals surface area contributed by atoms with Crippen LogP contribution in [0.4, 0.5) is 0 Å². The van der Waals surface area contributed by atoms with Gasteiger partial charge in [-0.3, -0.25) is 4.79 Å². The van der Waals surface area contributed by atoms with Crippen LogP contribution in [-0.4, -0.2) is 34.5 Å². The van der Waals surface area contributed by atoms with E-state index in [0.717, 1.165) is 31.9 Å². The molecule has 1 N–H and O–H groups in total. The number of hydrogen-bond acceptors (Lipinski definition) is 3. The van der Waals surface area contributed by atoms with Crippen molar-refractivity contribution in [1.29, 1.82) is 0 Å². The van der Waals surface area contributed by atoms with Gasteiger partial charge in [-0.25, -0.2) is 4.79 Å². The Labute approximate surface area is 117 Å². The number of carbonyl (C=O) groups excluding carboxylic acids is 1. The van der Waals surface area contributed by atoms with Gasteiger partial charge in [0.2, 0.25) is 0 Å². The Balaban J connectivity index is 2.17. The summed E-state index contributed by atoms with van der Waals surface area (Å²) in [5, 5.41) is 8.85. The quantitative estimate of drug-likeness (QED) is 0.856. The molecule has 1 saturated carbocycles. The van der Waals surface area contributed by atoms with Crippen molar-refractivity contribution in [2.75, 3.05) is 6.54 Å². The fourth-order valence-corrected chi connectivity index (χ4v) is 2.56. The van der Waals surface area contributed by atoms with Crippen molar-refractivity contribution in [3.05, 3.63) is 23.7 Å². The molecule has 106 valence electrons. The third-order valence-electron chi connectivity index (χ3n) is 3.60. The molecular formula is C15H17NO4. The van der Waals surface area contributed by atoms with Crippen LogP contribution in [0.3, 0.4) is 0 Å². The van der Waals surface area contributed by atoms with Gasteiger partial charge in [0.1, 0.15) is 6.26 Å². The van der Waals surface area contributed by atoms with E-state index in [9.17, 15) is 9.59 Å². The number of hydrogen-bond donors (Lipinski definition) is 1. The first kappa shape index (κ1) is 14.2. The number of nitrogens with zero attached hydrogens (tertiary/aromatic N) is 1. The molecule has 0 saturated heterocycles. The normalized spacial score (nSPS) is 15.6. The van der Waals surface area contributed by atoms with E-state index in [4.69, 9.17) is 15.9 Å². The molecule has 0 atom stereocenters. The van der Waals surface area contributed by atoms with Gasteiger partial charge in [0, 0.05) is 12.1 Å². The molecule has 1 amide bonds. The van der Waals surface area contributed by atoms with Gasteiger partial charge >= 0.3 is 5.97 Å². The molecule has 0 unspecified atom stereocenters. The van der Waals surface area contributed by atoms with Crippen molar-refractivity contribution in [3.63, 3.8) is 0 Å². The molecule has 0 aromatic carbocycles. The average Bonchev–Trinajstić information content (AvgIpc) is 2.95. The van der Waals surface area contributed by atoms with Crippen LogP contribution in [0.2, 0.25) is 0 Å². The summed E-state index contributed by atoms with van der Waals surface area (Å²) in [6.07, 6.45) is 11.6. The van der Waals surface area contributed by atoms with Gasteiger partial charge < -0.3 is 14.4 Å². The summed E-state index contributed by atoms with van der Waals surface area (Å²) in [5.41, 5.74) is -0.0300. The molecule has 1 heterocycles. The monoisotopic (exact) mass is 275 g/mol. The SMILES string of the molecule is C#CCN(C(=O)c1cc(C(=O)O)co1)C1CCCCC1. The first-order chi connectivity index (χ1) is 9.63. The van der Waals surface area contributed by atoms with Gasteiger partial charge in [-0.1, -0.05) is 25.2 Å². The lowest BCUT2D eigenvalue weighted by Gasteiger charge is -2.32. The molecule has 0 bridgehead atoms. The number of rotatable bonds is 4. The summed E-state index contributed by atoms with van der Waals surface area (Å²) in [5.74, 6) is 1.08. The molecule has 1 aromatic heterocycles. The lowest BCUT2D eigenvalue weighted by Crippen LogP contribution is -2.41. The molecule has 20 heavy (non-hydrogen) atoms. The minimum Gasteiger partial charge on any atom is -0.478 e. The highest BCUT2D eigenvalue weighted by Crippen LogP contribution is 2.24. The van der Waals surface area contributed by atoms with Crippen LogP contribution in [0.25, 0.3) is 0 Å². The van der Waals surface area contributed by atoms with Gasteiger partial charge in [0.25, 0.3) is 5.91 Å². The second kappa shape index (κ2) is 6.29. The molecule has 0 aliphatic heterocycles. The second-order valence-electron chi connectivity index (χ2n) is 4.93. The van der Waals surface area contributed by atoms with Gasteiger partial charge in [-0.05, 0) is 12.8 Å². The topological polar surface area (TPSA) is 70.8 Å². The predicted octanol–water partition coefficient (Wildman–Crippen LogP) is 2.39. The van der Waals surface area contributed by atoms with Crippen molar-refractivity contribution in [3.8, 4) is 12.3 Å². The molecule has 1 aliphatic rings. The highest BCUT2D eigenvalue weighted by atomic mass is 16.4. The molecule has 1 fully saturated rings. The number of carbonyl (C=O) groups is 2. The summed E-state index contributed by atoms with van der Waals surface area (Å²) in [6, 6.07) is 1.36. The van der Waals surface area contributed by atoms with Crippen LogP contribution in [0.5, 0.6) is 0 Å². The van der Waals surface area contributed by atoms with Crippen molar-refractivity contribution >= 4 is 11.9 Å². The van der Waals surface area contributed by atoms with E-state index in [2.05, 4.69) is 5.92 Å². The molecule has 0 radical (unpaired) electrons. The first-order valence-corrected chi connectivity index (χ1v) is 6.69. The Morgan fingerprint density at radius 1 is 1.40 bits per heavy atom. The maximum absolute atomic E-state index is 12.4. The molecule has 1 aromatic rings. The summed E-state index contributed by atoms with van der Waals surface area (Å²) in [4.78, 5) is 24.8. The van der Waals surface area contributed by atoms with E-state index in [-0.39, 0.29) is 29.8 Å². The standard InChI is InChI=1S/C15H17NO4/c1-2-8-16(12-6-4-3-5-7-12)14(17)13-9-11(10-20-13)15(18)19/h1,9-10,12H,3-8H2,(H,18,19). The van der Waals surface area contributed by atoms with E-state index >= 15 is 0 Å². The number of furan rings is 1. The fraction of sp³-hybridized carbons (Fsp3) is 0.467. The molecular weight excluding hydrogens is 258 g/mol. The van der Waals surface area contributed by atoms with E-state index in [1.807, 2.05) is 0 Å². The van der Waals surface area contributed by atoms with Crippen LogP contribution in [-0.2, 0) is 0 Å². The number of carboxylic acids is 1. The van der Waals surface area contributed by atoms with Crippen LogP contribution >= 0.6 is 0 Å². The van der Waals surface area contributed by atoms with Gasteiger partial charge in [-0.15, -0.1) is 6.42 Å².